The summed E-state index contributed by atoms with van der Waals surface area (Å²) in [4.78, 5) is 29.9. The van der Waals surface area contributed by atoms with Gasteiger partial charge in [-0.15, -0.1) is 11.3 Å². The van der Waals surface area contributed by atoms with Crippen LogP contribution in [-0.2, 0) is 17.6 Å². The van der Waals surface area contributed by atoms with Crippen LogP contribution in [0.1, 0.15) is 46.7 Å². The molecule has 1 aliphatic rings. The smallest absolute Gasteiger partial charge is 0.303 e. The Morgan fingerprint density at radius 3 is 2.81 bits per heavy atom. The molecule has 1 aromatic carbocycles. The number of carbonyl (C=O) groups is 2. The molecule has 1 atom stereocenters. The summed E-state index contributed by atoms with van der Waals surface area (Å²) in [6, 6.07) is 10.3. The Morgan fingerprint density at radius 1 is 1.23 bits per heavy atom. The molecule has 1 amide bonds. The van der Waals surface area contributed by atoms with E-state index >= 15 is 0 Å². The second kappa shape index (κ2) is 8.94. The van der Waals surface area contributed by atoms with Crippen LogP contribution in [0.5, 0.6) is 0 Å². The molecule has 0 bridgehead atoms. The summed E-state index contributed by atoms with van der Waals surface area (Å²) in [5.74, 6) is -0.511. The minimum absolute atomic E-state index is 0.0211. The van der Waals surface area contributed by atoms with Crippen molar-refractivity contribution in [3.05, 3.63) is 52.0 Å². The zero-order chi connectivity index (χ0) is 18.4. The average molecular weight is 372 g/mol. The molecule has 0 radical (unpaired) electrons. The number of likely N-dealkylation sites (tertiary alicyclic amines) is 1. The Hall–Kier alpha value is -2.21. The number of hydrogen-bond acceptors (Lipinski definition) is 4. The van der Waals surface area contributed by atoms with E-state index in [9.17, 15) is 9.59 Å². The molecule has 0 aliphatic carbocycles. The van der Waals surface area contributed by atoms with Crippen molar-refractivity contribution in [2.45, 2.75) is 38.5 Å². The van der Waals surface area contributed by atoms with E-state index in [4.69, 9.17) is 5.11 Å². The zero-order valence-corrected chi connectivity index (χ0v) is 15.6. The predicted molar refractivity (Wildman–Crippen MR) is 101 cm³/mol. The Balaban J connectivity index is 1.54. The van der Waals surface area contributed by atoms with Gasteiger partial charge >= 0.3 is 5.97 Å². The summed E-state index contributed by atoms with van der Waals surface area (Å²) in [5.41, 5.74) is 1.80. The van der Waals surface area contributed by atoms with E-state index < -0.39 is 5.97 Å². The first kappa shape index (κ1) is 18.6. The van der Waals surface area contributed by atoms with Crippen molar-refractivity contribution in [1.29, 1.82) is 0 Å². The van der Waals surface area contributed by atoms with E-state index in [0.717, 1.165) is 37.2 Å². The number of aryl methyl sites for hydroxylation is 2. The molecule has 138 valence electrons. The zero-order valence-electron chi connectivity index (χ0n) is 14.8. The van der Waals surface area contributed by atoms with E-state index in [1.807, 2.05) is 28.5 Å². The maximum absolute atomic E-state index is 12.7. The minimum Gasteiger partial charge on any atom is -0.481 e. The largest absolute Gasteiger partial charge is 0.481 e. The number of carbonyl (C=O) groups excluding carboxylic acids is 1. The Kier molecular flexibility index (Phi) is 6.39. The molecule has 1 aromatic heterocycles. The predicted octanol–water partition coefficient (Wildman–Crippen LogP) is 3.65. The number of thiazole rings is 1. The molecule has 0 spiro atoms. The van der Waals surface area contributed by atoms with Gasteiger partial charge in [-0.05, 0) is 37.2 Å². The molecule has 6 heteroatoms. The molecule has 1 fully saturated rings. The summed E-state index contributed by atoms with van der Waals surface area (Å²) in [7, 11) is 0. The van der Waals surface area contributed by atoms with Gasteiger partial charge in [0.25, 0.3) is 5.91 Å². The summed E-state index contributed by atoms with van der Waals surface area (Å²) >= 11 is 1.54. The van der Waals surface area contributed by atoms with Crippen molar-refractivity contribution in [3.8, 4) is 0 Å². The van der Waals surface area contributed by atoms with Crippen molar-refractivity contribution in [2.75, 3.05) is 13.1 Å². The van der Waals surface area contributed by atoms with Gasteiger partial charge in [0.15, 0.2) is 0 Å². The number of carboxylic acid groups (broad SMARTS) is 1. The highest BCUT2D eigenvalue weighted by Crippen LogP contribution is 2.23. The van der Waals surface area contributed by atoms with Gasteiger partial charge in [0.2, 0.25) is 0 Å². The highest BCUT2D eigenvalue weighted by atomic mass is 32.1. The van der Waals surface area contributed by atoms with Crippen LogP contribution in [0.3, 0.4) is 0 Å². The third-order valence-electron chi connectivity index (χ3n) is 4.81. The number of piperidine rings is 1. The van der Waals surface area contributed by atoms with Crippen LogP contribution >= 0.6 is 11.3 Å². The third kappa shape index (κ3) is 5.14. The number of aromatic nitrogens is 1. The van der Waals surface area contributed by atoms with Gasteiger partial charge < -0.3 is 10.0 Å². The summed E-state index contributed by atoms with van der Waals surface area (Å²) < 4.78 is 0. The molecule has 0 unspecified atom stereocenters. The highest BCUT2D eigenvalue weighted by molar-refractivity contribution is 7.09. The number of rotatable bonds is 7. The molecule has 1 saturated heterocycles. The summed E-state index contributed by atoms with van der Waals surface area (Å²) in [6.07, 6.45) is 4.50. The second-order valence-electron chi connectivity index (χ2n) is 6.80. The lowest BCUT2D eigenvalue weighted by atomic mass is 9.93. The molecule has 5 nitrogen and oxygen atoms in total. The Morgan fingerprint density at radius 2 is 2.04 bits per heavy atom. The number of nitrogens with zero attached hydrogens (tertiary/aromatic N) is 2. The first-order chi connectivity index (χ1) is 12.6. The van der Waals surface area contributed by atoms with Crippen LogP contribution in [0.25, 0.3) is 0 Å². The number of carboxylic acids is 1. The average Bonchev–Trinajstić information content (AvgIpc) is 3.14. The van der Waals surface area contributed by atoms with E-state index in [2.05, 4.69) is 17.1 Å². The lowest BCUT2D eigenvalue weighted by molar-refractivity contribution is -0.137. The van der Waals surface area contributed by atoms with Gasteiger partial charge in [-0.1, -0.05) is 30.3 Å². The monoisotopic (exact) mass is 372 g/mol. The quantitative estimate of drug-likeness (QED) is 0.805. The van der Waals surface area contributed by atoms with Crippen LogP contribution in [-0.4, -0.2) is 40.0 Å². The van der Waals surface area contributed by atoms with Gasteiger partial charge in [-0.25, -0.2) is 4.98 Å². The molecule has 26 heavy (non-hydrogen) atoms. The summed E-state index contributed by atoms with van der Waals surface area (Å²) in [5, 5.41) is 11.7. The third-order valence-corrected chi connectivity index (χ3v) is 5.72. The molecule has 1 N–H and O–H groups in total. The van der Waals surface area contributed by atoms with E-state index in [-0.39, 0.29) is 18.2 Å². The van der Waals surface area contributed by atoms with Crippen LogP contribution in [0.2, 0.25) is 0 Å². The van der Waals surface area contributed by atoms with Crippen molar-refractivity contribution in [2.24, 2.45) is 5.92 Å². The fourth-order valence-electron chi connectivity index (χ4n) is 3.39. The SMILES string of the molecule is O=C(O)CC[C@@H]1CCCN(C(=O)c2csc(CCc3ccccc3)n2)C1. The van der Waals surface area contributed by atoms with Crippen LogP contribution in [0, 0.1) is 5.92 Å². The second-order valence-corrected chi connectivity index (χ2v) is 7.75. The molecule has 2 heterocycles. The highest BCUT2D eigenvalue weighted by Gasteiger charge is 2.26. The Labute approximate surface area is 157 Å². The lowest BCUT2D eigenvalue weighted by Crippen LogP contribution is -2.40. The molecular weight excluding hydrogens is 348 g/mol. The number of hydrogen-bond donors (Lipinski definition) is 1. The number of benzene rings is 1. The number of amides is 1. The molecule has 1 aliphatic heterocycles. The van der Waals surface area contributed by atoms with Crippen LogP contribution in [0.15, 0.2) is 35.7 Å². The van der Waals surface area contributed by atoms with Crippen LogP contribution in [0.4, 0.5) is 0 Å². The van der Waals surface area contributed by atoms with Gasteiger partial charge in [-0.3, -0.25) is 9.59 Å². The van der Waals surface area contributed by atoms with Crippen LogP contribution < -0.4 is 0 Å². The fraction of sp³-hybridized carbons (Fsp3) is 0.450. The van der Waals surface area contributed by atoms with E-state index in [1.165, 1.54) is 16.9 Å². The van der Waals surface area contributed by atoms with Gasteiger partial charge in [-0.2, -0.15) is 0 Å². The van der Waals surface area contributed by atoms with Crippen molar-refractivity contribution in [3.63, 3.8) is 0 Å². The molecular formula is C20H24N2O3S. The van der Waals surface area contributed by atoms with Gasteiger partial charge in [0, 0.05) is 31.3 Å². The number of aliphatic carboxylic acids is 1. The summed E-state index contributed by atoms with van der Waals surface area (Å²) in [6.45, 7) is 1.38. The first-order valence-corrected chi connectivity index (χ1v) is 9.99. The molecule has 2 aromatic rings. The van der Waals surface area contributed by atoms with E-state index in [0.29, 0.717) is 18.7 Å². The van der Waals surface area contributed by atoms with Crippen molar-refractivity contribution < 1.29 is 14.7 Å². The topological polar surface area (TPSA) is 70.5 Å². The van der Waals surface area contributed by atoms with Gasteiger partial charge in [0.1, 0.15) is 5.69 Å². The van der Waals surface area contributed by atoms with Crippen molar-refractivity contribution >= 4 is 23.2 Å². The first-order valence-electron chi connectivity index (χ1n) is 9.11. The standard InChI is InChI=1S/C20H24N2O3S/c23-19(24)11-9-16-7-4-12-22(13-16)20(25)17-14-26-18(21-17)10-8-15-5-2-1-3-6-15/h1-3,5-6,14,16H,4,7-13H2,(H,23,24)/t16-/m0/s1. The van der Waals surface area contributed by atoms with Gasteiger partial charge in [0.05, 0.1) is 5.01 Å². The molecule has 0 saturated carbocycles. The Bertz CT molecular complexity index is 745. The normalized spacial score (nSPS) is 17.2. The lowest BCUT2D eigenvalue weighted by Gasteiger charge is -2.32. The van der Waals surface area contributed by atoms with Crippen molar-refractivity contribution in [1.82, 2.24) is 9.88 Å². The maximum Gasteiger partial charge on any atom is 0.303 e. The fourth-order valence-corrected chi connectivity index (χ4v) is 4.17. The molecule has 3 rings (SSSR count). The minimum atomic E-state index is -0.768. The maximum atomic E-state index is 12.7. The van der Waals surface area contributed by atoms with E-state index in [1.54, 1.807) is 0 Å².